The molecule has 102 valence electrons. The molecule has 0 spiro atoms. The minimum absolute atomic E-state index is 0.0431. The Balaban J connectivity index is 2.62. The molecule has 0 aliphatic carbocycles. The molecule has 1 aromatic rings. The van der Waals surface area contributed by atoms with Crippen LogP contribution in [0.4, 0.5) is 0 Å². The molecule has 0 amide bonds. The topological polar surface area (TPSA) is 84.9 Å². The number of methoxy groups -OCH3 is 1. The third-order valence-corrected chi connectivity index (χ3v) is 2.75. The van der Waals surface area contributed by atoms with Crippen molar-refractivity contribution in [2.75, 3.05) is 20.3 Å². The number of rotatable bonds is 7. The number of aliphatic hydroxyl groups is 2. The predicted octanol–water partition coefficient (Wildman–Crippen LogP) is 0.666. The lowest BCUT2D eigenvalue weighted by Gasteiger charge is -2.21. The van der Waals surface area contributed by atoms with Crippen LogP contribution in [0.3, 0.4) is 0 Å². The highest BCUT2D eigenvalue weighted by Crippen LogP contribution is 2.28. The first-order chi connectivity index (χ1) is 8.52. The van der Waals surface area contributed by atoms with Gasteiger partial charge in [0.25, 0.3) is 0 Å². The van der Waals surface area contributed by atoms with Gasteiger partial charge in [-0.15, -0.1) is 0 Å². The summed E-state index contributed by atoms with van der Waals surface area (Å²) < 4.78 is 10.7. The van der Waals surface area contributed by atoms with Gasteiger partial charge in [-0.1, -0.05) is 6.07 Å². The van der Waals surface area contributed by atoms with Crippen molar-refractivity contribution in [2.45, 2.75) is 25.6 Å². The summed E-state index contributed by atoms with van der Waals surface area (Å²) >= 11 is 0. The van der Waals surface area contributed by atoms with Crippen molar-refractivity contribution >= 4 is 0 Å². The highest BCUT2D eigenvalue weighted by molar-refractivity contribution is 5.42. The Bertz CT molecular complexity index is 379. The van der Waals surface area contributed by atoms with E-state index >= 15 is 0 Å². The van der Waals surface area contributed by atoms with Crippen LogP contribution in [0.25, 0.3) is 0 Å². The second-order valence-corrected chi connectivity index (χ2v) is 4.44. The van der Waals surface area contributed by atoms with Crippen molar-refractivity contribution in [3.63, 3.8) is 0 Å². The average molecular weight is 255 g/mol. The lowest BCUT2D eigenvalue weighted by Crippen LogP contribution is -2.35. The summed E-state index contributed by atoms with van der Waals surface area (Å²) in [5.74, 6) is 1.15. The van der Waals surface area contributed by atoms with Gasteiger partial charge in [-0.3, -0.25) is 0 Å². The van der Waals surface area contributed by atoms with Crippen molar-refractivity contribution in [3.05, 3.63) is 23.8 Å². The van der Waals surface area contributed by atoms with Gasteiger partial charge in [-0.05, 0) is 24.6 Å². The third kappa shape index (κ3) is 4.18. The zero-order valence-corrected chi connectivity index (χ0v) is 10.8. The van der Waals surface area contributed by atoms with Crippen molar-refractivity contribution in [1.82, 2.24) is 0 Å². The molecule has 0 aromatic heterocycles. The fourth-order valence-electron chi connectivity index (χ4n) is 1.41. The lowest BCUT2D eigenvalue weighted by atomic mass is 10.0. The van der Waals surface area contributed by atoms with Gasteiger partial charge in [-0.2, -0.15) is 0 Å². The number of hydrogen-bond acceptors (Lipinski definition) is 5. The minimum atomic E-state index is -0.918. The molecular formula is C13H21NO4. The largest absolute Gasteiger partial charge is 0.493 e. The summed E-state index contributed by atoms with van der Waals surface area (Å²) in [6.07, 6.45) is 0.439. The molecule has 0 bridgehead atoms. The lowest BCUT2D eigenvalue weighted by molar-refractivity contribution is 0.0450. The van der Waals surface area contributed by atoms with Crippen LogP contribution in [-0.2, 0) is 6.61 Å². The Morgan fingerprint density at radius 3 is 2.61 bits per heavy atom. The van der Waals surface area contributed by atoms with Gasteiger partial charge in [0.05, 0.1) is 25.9 Å². The maximum Gasteiger partial charge on any atom is 0.161 e. The van der Waals surface area contributed by atoms with Crippen LogP contribution >= 0.6 is 0 Å². The Morgan fingerprint density at radius 1 is 1.33 bits per heavy atom. The summed E-state index contributed by atoms with van der Waals surface area (Å²) in [4.78, 5) is 0. The number of hydrogen-bond donors (Lipinski definition) is 3. The standard InChI is InChI=1S/C13H21NO4/c1-13(16,9-14)5-6-18-11-4-3-10(8-15)7-12(11)17-2/h3-4,7,15-16H,5-6,8-9,14H2,1-2H3. The smallest absolute Gasteiger partial charge is 0.161 e. The summed E-state index contributed by atoms with van der Waals surface area (Å²) in [5, 5.41) is 18.8. The molecule has 18 heavy (non-hydrogen) atoms. The minimum Gasteiger partial charge on any atom is -0.493 e. The van der Waals surface area contributed by atoms with Crippen molar-refractivity contribution < 1.29 is 19.7 Å². The average Bonchev–Trinajstić information content (AvgIpc) is 2.38. The van der Waals surface area contributed by atoms with Gasteiger partial charge < -0.3 is 25.4 Å². The molecular weight excluding hydrogens is 234 g/mol. The van der Waals surface area contributed by atoms with Gasteiger partial charge >= 0.3 is 0 Å². The van der Waals surface area contributed by atoms with E-state index < -0.39 is 5.60 Å². The van der Waals surface area contributed by atoms with E-state index in [1.54, 1.807) is 32.2 Å². The van der Waals surface area contributed by atoms with Crippen LogP contribution in [0.2, 0.25) is 0 Å². The van der Waals surface area contributed by atoms with E-state index in [9.17, 15) is 5.11 Å². The van der Waals surface area contributed by atoms with Gasteiger partial charge in [0.15, 0.2) is 11.5 Å². The number of benzene rings is 1. The molecule has 0 saturated carbocycles. The van der Waals surface area contributed by atoms with Gasteiger partial charge in [0, 0.05) is 13.0 Å². The quantitative estimate of drug-likeness (QED) is 0.666. The molecule has 0 heterocycles. The predicted molar refractivity (Wildman–Crippen MR) is 68.7 cm³/mol. The van der Waals surface area contributed by atoms with E-state index in [-0.39, 0.29) is 13.2 Å². The monoisotopic (exact) mass is 255 g/mol. The van der Waals surface area contributed by atoms with E-state index in [1.165, 1.54) is 0 Å². The number of nitrogens with two attached hydrogens (primary N) is 1. The first-order valence-corrected chi connectivity index (χ1v) is 5.85. The first kappa shape index (κ1) is 14.8. The van der Waals surface area contributed by atoms with Crippen molar-refractivity contribution in [2.24, 2.45) is 5.73 Å². The highest BCUT2D eigenvalue weighted by atomic mass is 16.5. The van der Waals surface area contributed by atoms with Gasteiger partial charge in [-0.25, -0.2) is 0 Å². The molecule has 1 aromatic carbocycles. The Hall–Kier alpha value is -1.30. The summed E-state index contributed by atoms with van der Waals surface area (Å²) in [6, 6.07) is 5.22. The second-order valence-electron chi connectivity index (χ2n) is 4.44. The molecule has 1 rings (SSSR count). The molecule has 0 radical (unpaired) electrons. The highest BCUT2D eigenvalue weighted by Gasteiger charge is 2.18. The fraction of sp³-hybridized carbons (Fsp3) is 0.538. The van der Waals surface area contributed by atoms with Gasteiger partial charge in [0.1, 0.15) is 0 Å². The molecule has 0 aliphatic rings. The zero-order valence-electron chi connectivity index (χ0n) is 10.8. The molecule has 0 fully saturated rings. The molecule has 1 atom stereocenters. The molecule has 0 saturated heterocycles. The van der Waals surface area contributed by atoms with E-state index in [0.717, 1.165) is 5.56 Å². The van der Waals surface area contributed by atoms with Crippen LogP contribution in [-0.4, -0.2) is 36.1 Å². The van der Waals surface area contributed by atoms with Crippen LogP contribution in [0.15, 0.2) is 18.2 Å². The van der Waals surface area contributed by atoms with Crippen molar-refractivity contribution in [1.29, 1.82) is 0 Å². The summed E-state index contributed by atoms with van der Waals surface area (Å²) in [5.41, 5.74) is 5.26. The number of ether oxygens (including phenoxy) is 2. The molecule has 1 unspecified atom stereocenters. The van der Waals surface area contributed by atoms with Crippen LogP contribution in [0.5, 0.6) is 11.5 Å². The van der Waals surface area contributed by atoms with Crippen LogP contribution in [0.1, 0.15) is 18.9 Å². The van der Waals surface area contributed by atoms with Crippen LogP contribution < -0.4 is 15.2 Å². The summed E-state index contributed by atoms with van der Waals surface area (Å²) in [6.45, 7) is 2.16. The van der Waals surface area contributed by atoms with Gasteiger partial charge in [0.2, 0.25) is 0 Å². The summed E-state index contributed by atoms with van der Waals surface area (Å²) in [7, 11) is 1.54. The van der Waals surface area contributed by atoms with E-state index in [1.807, 2.05) is 0 Å². The zero-order chi connectivity index (χ0) is 13.6. The Morgan fingerprint density at radius 2 is 2.06 bits per heavy atom. The number of aliphatic hydroxyl groups excluding tert-OH is 1. The normalized spacial score (nSPS) is 14.1. The van der Waals surface area contributed by atoms with Crippen molar-refractivity contribution in [3.8, 4) is 11.5 Å². The third-order valence-electron chi connectivity index (χ3n) is 2.75. The van der Waals surface area contributed by atoms with Crippen LogP contribution in [0, 0.1) is 0 Å². The maximum absolute atomic E-state index is 9.74. The molecule has 0 aliphatic heterocycles. The Labute approximate surface area is 107 Å². The fourth-order valence-corrected chi connectivity index (χ4v) is 1.41. The Kier molecular flexibility index (Phi) is 5.40. The molecule has 5 heteroatoms. The van der Waals surface area contributed by atoms with E-state index in [2.05, 4.69) is 0 Å². The van der Waals surface area contributed by atoms with E-state index in [0.29, 0.717) is 24.5 Å². The molecule has 5 nitrogen and oxygen atoms in total. The maximum atomic E-state index is 9.74. The second kappa shape index (κ2) is 6.58. The molecule has 4 N–H and O–H groups in total. The van der Waals surface area contributed by atoms with E-state index in [4.69, 9.17) is 20.3 Å². The SMILES string of the molecule is COc1cc(CO)ccc1OCCC(C)(O)CN. The first-order valence-electron chi connectivity index (χ1n) is 5.85.